The monoisotopic (exact) mass is 792 g/mol. The van der Waals surface area contributed by atoms with E-state index < -0.39 is 0 Å². The highest BCUT2D eigenvalue weighted by molar-refractivity contribution is 6.03. The summed E-state index contributed by atoms with van der Waals surface area (Å²) < 4.78 is 12.6. The van der Waals surface area contributed by atoms with Crippen molar-refractivity contribution >= 4 is 43.1 Å². The van der Waals surface area contributed by atoms with E-state index >= 15 is 0 Å². The molecule has 0 aliphatic carbocycles. The van der Waals surface area contributed by atoms with Crippen molar-refractivity contribution in [3.8, 4) is 11.5 Å². The Morgan fingerprint density at radius 2 is 0.700 bits per heavy atom. The second-order valence-electron chi connectivity index (χ2n) is 16.1. The summed E-state index contributed by atoms with van der Waals surface area (Å²) in [7, 11) is 0. The molecule has 0 spiro atoms. The van der Waals surface area contributed by atoms with E-state index in [1.807, 2.05) is 0 Å². The molecular weight excluding hydrogens is 737 g/mol. The van der Waals surface area contributed by atoms with E-state index in [1.165, 1.54) is 65.3 Å². The Morgan fingerprint density at radius 1 is 0.383 bits per heavy atom. The van der Waals surface area contributed by atoms with Crippen LogP contribution in [0, 0.1) is 0 Å². The van der Waals surface area contributed by atoms with Crippen LogP contribution in [0.1, 0.15) is 22.3 Å². The van der Waals surface area contributed by atoms with Gasteiger partial charge in [0.15, 0.2) is 0 Å². The number of ether oxygens (including phenoxy) is 2. The molecule has 1 aliphatic rings. The van der Waals surface area contributed by atoms with Crippen LogP contribution < -0.4 is 20.1 Å². The first-order chi connectivity index (χ1) is 29.7. The third-order valence-electron chi connectivity index (χ3n) is 12.1. The van der Waals surface area contributed by atoms with Crippen LogP contribution in [-0.2, 0) is 25.9 Å². The van der Waals surface area contributed by atoms with E-state index in [4.69, 9.17) is 9.47 Å². The van der Waals surface area contributed by atoms with Crippen LogP contribution in [0.5, 0.6) is 11.5 Å². The van der Waals surface area contributed by atoms with Gasteiger partial charge in [0.2, 0.25) is 0 Å². The Balaban J connectivity index is 0.716. The van der Waals surface area contributed by atoms with Crippen molar-refractivity contribution in [2.24, 2.45) is 0 Å². The van der Waals surface area contributed by atoms with Crippen molar-refractivity contribution in [1.82, 2.24) is 20.4 Å². The van der Waals surface area contributed by atoms with Crippen LogP contribution in [0.25, 0.3) is 43.1 Å². The quantitative estimate of drug-likeness (QED) is 0.120. The summed E-state index contributed by atoms with van der Waals surface area (Å²) in [5, 5.41) is 17.8. The molecule has 6 nitrogen and oxygen atoms in total. The maximum absolute atomic E-state index is 6.30. The normalized spacial score (nSPS) is 14.9. The highest BCUT2D eigenvalue weighted by Crippen LogP contribution is 2.31. The Hall–Kier alpha value is -5.76. The predicted molar refractivity (Wildman–Crippen MR) is 250 cm³/mol. The third-order valence-corrected chi connectivity index (χ3v) is 12.1. The summed E-state index contributed by atoms with van der Waals surface area (Å²) >= 11 is 0. The molecule has 0 saturated carbocycles. The van der Waals surface area contributed by atoms with Gasteiger partial charge in [-0.3, -0.25) is 9.80 Å². The summed E-state index contributed by atoms with van der Waals surface area (Å²) in [5.41, 5.74) is 5.35. The predicted octanol–water partition coefficient (Wildman–Crippen LogP) is 10.0. The van der Waals surface area contributed by atoms with Crippen LogP contribution >= 0.6 is 0 Å². The molecule has 1 heterocycles. The summed E-state index contributed by atoms with van der Waals surface area (Å²) in [4.78, 5) is 5.10. The van der Waals surface area contributed by atoms with Crippen LogP contribution in [0.4, 0.5) is 0 Å². The van der Waals surface area contributed by atoms with Crippen molar-refractivity contribution in [1.29, 1.82) is 0 Å². The summed E-state index contributed by atoms with van der Waals surface area (Å²) in [5.74, 6) is 1.85. The SMILES string of the molecule is c1ccc2c(CCOc3ccc(CN4CCNCCN(Cc5ccc(OCCc6c7ccccc7cc7ccccc67)cc5)CCNCC4)cc3)c3ccccc3cc2c1. The van der Waals surface area contributed by atoms with Crippen LogP contribution in [0.2, 0.25) is 0 Å². The average Bonchev–Trinajstić information content (AvgIpc) is 3.28. The Kier molecular flexibility index (Phi) is 12.9. The van der Waals surface area contributed by atoms with Gasteiger partial charge in [-0.15, -0.1) is 0 Å². The number of hydrogen-bond acceptors (Lipinski definition) is 6. The lowest BCUT2D eigenvalue weighted by molar-refractivity contribution is 0.233. The van der Waals surface area contributed by atoms with Gasteiger partial charge < -0.3 is 20.1 Å². The number of benzene rings is 8. The van der Waals surface area contributed by atoms with Gasteiger partial charge in [0.25, 0.3) is 0 Å². The number of hydrogen-bond donors (Lipinski definition) is 2. The molecule has 8 aromatic rings. The van der Waals surface area contributed by atoms with E-state index in [0.29, 0.717) is 13.2 Å². The zero-order valence-corrected chi connectivity index (χ0v) is 34.6. The largest absolute Gasteiger partial charge is 0.493 e. The molecule has 0 amide bonds. The van der Waals surface area contributed by atoms with Crippen molar-refractivity contribution in [3.63, 3.8) is 0 Å². The molecule has 0 unspecified atom stereocenters. The molecule has 6 heteroatoms. The Bertz CT molecular complexity index is 2340. The zero-order chi connectivity index (χ0) is 40.4. The van der Waals surface area contributed by atoms with Crippen LogP contribution in [-0.4, -0.2) is 75.4 Å². The van der Waals surface area contributed by atoms with E-state index in [0.717, 1.165) is 89.8 Å². The number of nitrogens with one attached hydrogen (secondary N) is 2. The fourth-order valence-corrected chi connectivity index (χ4v) is 8.93. The van der Waals surface area contributed by atoms with E-state index in [9.17, 15) is 0 Å². The van der Waals surface area contributed by atoms with Gasteiger partial charge in [-0.05, 0) is 102 Å². The van der Waals surface area contributed by atoms with E-state index in [2.05, 4.69) is 178 Å². The molecule has 9 rings (SSSR count). The van der Waals surface area contributed by atoms with Gasteiger partial charge in [-0.2, -0.15) is 0 Å². The topological polar surface area (TPSA) is 49.0 Å². The van der Waals surface area contributed by atoms with Gasteiger partial charge >= 0.3 is 0 Å². The lowest BCUT2D eigenvalue weighted by Crippen LogP contribution is -2.42. The lowest BCUT2D eigenvalue weighted by Gasteiger charge is -2.27. The van der Waals surface area contributed by atoms with Crippen LogP contribution in [0.15, 0.2) is 158 Å². The van der Waals surface area contributed by atoms with Gasteiger partial charge in [0, 0.05) is 78.3 Å². The zero-order valence-electron chi connectivity index (χ0n) is 34.6. The standard InChI is InChI=1S/C54H56N4O2/c1-5-13-49-43(9-1)37-44-10-2-6-14-50(44)53(49)25-35-59-47-21-17-41(18-22-47)39-57-31-27-55-29-33-58(34-30-56-28-32-57)40-42-19-23-48(24-20-42)60-36-26-54-51-15-7-3-11-45(51)38-46-12-4-8-16-52(46)54/h1-24,37-38,55-56H,25-36,39-40H2. The molecule has 0 aromatic heterocycles. The fourth-order valence-electron chi connectivity index (χ4n) is 8.93. The first kappa shape index (κ1) is 39.7. The molecular formula is C54H56N4O2. The molecule has 1 aliphatic heterocycles. The Labute approximate surface area is 354 Å². The maximum atomic E-state index is 6.30. The minimum Gasteiger partial charge on any atom is -0.493 e. The van der Waals surface area contributed by atoms with Crippen molar-refractivity contribution in [3.05, 3.63) is 180 Å². The van der Waals surface area contributed by atoms with E-state index in [-0.39, 0.29) is 0 Å². The molecule has 0 atom stereocenters. The lowest BCUT2D eigenvalue weighted by atomic mass is 9.95. The smallest absolute Gasteiger partial charge is 0.119 e. The Morgan fingerprint density at radius 3 is 1.03 bits per heavy atom. The van der Waals surface area contributed by atoms with Crippen molar-refractivity contribution < 1.29 is 9.47 Å². The van der Waals surface area contributed by atoms with Crippen molar-refractivity contribution in [2.75, 3.05) is 65.6 Å². The number of fused-ring (bicyclic) bond motifs is 4. The molecule has 2 N–H and O–H groups in total. The van der Waals surface area contributed by atoms with Crippen molar-refractivity contribution in [2.45, 2.75) is 25.9 Å². The summed E-state index contributed by atoms with van der Waals surface area (Å²) in [6, 6.07) is 56.8. The minimum atomic E-state index is 0.644. The highest BCUT2D eigenvalue weighted by atomic mass is 16.5. The minimum absolute atomic E-state index is 0.644. The number of rotatable bonds is 12. The molecule has 0 bridgehead atoms. The number of nitrogens with zero attached hydrogens (tertiary/aromatic N) is 2. The second-order valence-corrected chi connectivity index (χ2v) is 16.1. The molecule has 304 valence electrons. The van der Waals surface area contributed by atoms with Gasteiger partial charge in [-0.1, -0.05) is 121 Å². The summed E-state index contributed by atoms with van der Waals surface area (Å²) in [6.45, 7) is 11.1. The van der Waals surface area contributed by atoms with Gasteiger partial charge in [0.05, 0.1) is 13.2 Å². The van der Waals surface area contributed by atoms with Gasteiger partial charge in [0.1, 0.15) is 11.5 Å². The molecule has 0 radical (unpaired) electrons. The second kappa shape index (κ2) is 19.5. The average molecular weight is 793 g/mol. The van der Waals surface area contributed by atoms with Crippen LogP contribution in [0.3, 0.4) is 0 Å². The van der Waals surface area contributed by atoms with Gasteiger partial charge in [-0.25, -0.2) is 0 Å². The highest BCUT2D eigenvalue weighted by Gasteiger charge is 2.13. The molecule has 1 saturated heterocycles. The fraction of sp³-hybridized carbons (Fsp3) is 0.259. The first-order valence-electron chi connectivity index (χ1n) is 21.8. The van der Waals surface area contributed by atoms with E-state index in [1.54, 1.807) is 0 Å². The maximum Gasteiger partial charge on any atom is 0.119 e. The molecule has 1 fully saturated rings. The molecule has 8 aromatic carbocycles. The first-order valence-corrected chi connectivity index (χ1v) is 21.8. The molecule has 60 heavy (non-hydrogen) atoms. The summed E-state index contributed by atoms with van der Waals surface area (Å²) in [6.07, 6.45) is 1.73. The third kappa shape index (κ3) is 9.81.